The minimum atomic E-state index is 0. The first-order chi connectivity index (χ1) is 6.43. The van der Waals surface area contributed by atoms with Crippen LogP contribution < -0.4 is 17.7 Å². The lowest BCUT2D eigenvalue weighted by molar-refractivity contribution is -0.00000367. The van der Waals surface area contributed by atoms with Crippen LogP contribution >= 0.6 is 0 Å². The van der Waals surface area contributed by atoms with E-state index in [0.717, 1.165) is 6.54 Å². The highest BCUT2D eigenvalue weighted by molar-refractivity contribution is 5.48. The van der Waals surface area contributed by atoms with Crippen LogP contribution in [0, 0.1) is 0 Å². The van der Waals surface area contributed by atoms with Gasteiger partial charge in [0.05, 0.1) is 6.61 Å². The normalized spacial score (nSPS) is 10.1. The molecule has 0 saturated heterocycles. The highest BCUT2D eigenvalue weighted by Gasteiger charge is 1.82. The van der Waals surface area contributed by atoms with Gasteiger partial charge in [-0.3, -0.25) is 0 Å². The summed E-state index contributed by atoms with van der Waals surface area (Å²) >= 11 is 0. The highest BCUT2D eigenvalue weighted by Crippen LogP contribution is 1.99. The predicted octanol–water partition coefficient (Wildman–Crippen LogP) is -1.71. The first-order valence-corrected chi connectivity index (χ1v) is 4.46. The van der Waals surface area contributed by atoms with Gasteiger partial charge in [-0.15, -0.1) is 0 Å². The van der Waals surface area contributed by atoms with Crippen LogP contribution in [-0.4, -0.2) is 24.8 Å². The molecule has 0 aliphatic carbocycles. The molecule has 0 radical (unpaired) electrons. The second-order valence-corrected chi connectivity index (χ2v) is 2.74. The molecule has 3 heteroatoms. The van der Waals surface area contributed by atoms with Crippen molar-refractivity contribution in [2.75, 3.05) is 19.7 Å². The van der Waals surface area contributed by atoms with E-state index in [1.807, 2.05) is 24.3 Å². The van der Waals surface area contributed by atoms with Gasteiger partial charge in [0, 0.05) is 13.1 Å². The molecule has 0 heterocycles. The van der Waals surface area contributed by atoms with Gasteiger partial charge in [-0.2, -0.15) is 0 Å². The lowest BCUT2D eigenvalue weighted by Crippen LogP contribution is -3.00. The smallest absolute Gasteiger partial charge is 0.0556 e. The third-order valence-electron chi connectivity index (χ3n) is 1.66. The zero-order chi connectivity index (χ0) is 9.36. The maximum absolute atomic E-state index is 8.50. The van der Waals surface area contributed by atoms with Crippen molar-refractivity contribution in [2.45, 2.75) is 0 Å². The number of hydrogen-bond donors (Lipinski definition) is 2. The number of aliphatic hydroxyl groups excluding tert-OH is 1. The van der Waals surface area contributed by atoms with Crippen molar-refractivity contribution in [1.29, 1.82) is 0 Å². The van der Waals surface area contributed by atoms with Crippen LogP contribution in [0.3, 0.4) is 0 Å². The molecular formula is C11H15ClNO-. The predicted molar refractivity (Wildman–Crippen MR) is 55.4 cm³/mol. The van der Waals surface area contributed by atoms with E-state index in [4.69, 9.17) is 5.11 Å². The third kappa shape index (κ3) is 5.75. The Balaban J connectivity index is 0.00000169. The molecule has 0 aromatic heterocycles. The Morgan fingerprint density at radius 1 is 1.21 bits per heavy atom. The Morgan fingerprint density at radius 2 is 1.93 bits per heavy atom. The molecule has 78 valence electrons. The van der Waals surface area contributed by atoms with Gasteiger partial charge in [0.15, 0.2) is 0 Å². The minimum absolute atomic E-state index is 0. The van der Waals surface area contributed by atoms with Crippen LogP contribution in [0.4, 0.5) is 0 Å². The van der Waals surface area contributed by atoms with E-state index in [9.17, 15) is 0 Å². The molecule has 0 atom stereocenters. The maximum Gasteiger partial charge on any atom is 0.0556 e. The summed E-state index contributed by atoms with van der Waals surface area (Å²) in [7, 11) is 0. The fraction of sp³-hybridized carbons (Fsp3) is 0.273. The van der Waals surface area contributed by atoms with Crippen molar-refractivity contribution in [3.8, 4) is 0 Å². The van der Waals surface area contributed by atoms with Crippen LogP contribution in [0.1, 0.15) is 5.56 Å². The standard InChI is InChI=1S/C11H15NO.ClH/c13-10-9-12-8-4-7-11-5-2-1-3-6-11;/h1-7,12-13H,8-10H2;1H/p-1/b7-4+;. The minimum Gasteiger partial charge on any atom is -1.00 e. The largest absolute Gasteiger partial charge is 1.00 e. The van der Waals surface area contributed by atoms with E-state index in [1.165, 1.54) is 5.56 Å². The SMILES string of the molecule is OCCNC/C=C/c1ccccc1.[Cl-]. The van der Waals surface area contributed by atoms with Gasteiger partial charge in [-0.1, -0.05) is 42.5 Å². The quantitative estimate of drug-likeness (QED) is 0.570. The van der Waals surface area contributed by atoms with Gasteiger partial charge in [0.25, 0.3) is 0 Å². The Morgan fingerprint density at radius 3 is 2.57 bits per heavy atom. The van der Waals surface area contributed by atoms with Crippen LogP contribution in [-0.2, 0) is 0 Å². The van der Waals surface area contributed by atoms with Gasteiger partial charge < -0.3 is 22.8 Å². The Bertz CT molecular complexity index is 249. The topological polar surface area (TPSA) is 32.3 Å². The number of halogens is 1. The molecule has 0 fully saturated rings. The van der Waals surface area contributed by atoms with Crippen molar-refractivity contribution in [3.63, 3.8) is 0 Å². The summed E-state index contributed by atoms with van der Waals surface area (Å²) in [5.74, 6) is 0. The average molecular weight is 213 g/mol. The third-order valence-corrected chi connectivity index (χ3v) is 1.66. The lowest BCUT2D eigenvalue weighted by atomic mass is 10.2. The van der Waals surface area contributed by atoms with E-state index in [-0.39, 0.29) is 19.0 Å². The molecule has 1 aromatic carbocycles. The van der Waals surface area contributed by atoms with Gasteiger partial charge >= 0.3 is 0 Å². The van der Waals surface area contributed by atoms with Crippen LogP contribution in [0.5, 0.6) is 0 Å². The Labute approximate surface area is 91.1 Å². The lowest BCUT2D eigenvalue weighted by Gasteiger charge is -1.95. The molecule has 0 aliphatic heterocycles. The molecule has 14 heavy (non-hydrogen) atoms. The summed E-state index contributed by atoms with van der Waals surface area (Å²) in [5, 5.41) is 11.6. The summed E-state index contributed by atoms with van der Waals surface area (Å²) in [6.07, 6.45) is 4.11. The van der Waals surface area contributed by atoms with Crippen molar-refractivity contribution < 1.29 is 17.5 Å². The molecule has 2 N–H and O–H groups in total. The van der Waals surface area contributed by atoms with Gasteiger partial charge in [0.2, 0.25) is 0 Å². The first kappa shape index (κ1) is 13.2. The number of aliphatic hydroxyl groups is 1. The fourth-order valence-electron chi connectivity index (χ4n) is 1.02. The molecular weight excluding hydrogens is 198 g/mol. The number of benzene rings is 1. The molecule has 2 nitrogen and oxygen atoms in total. The van der Waals surface area contributed by atoms with Gasteiger partial charge in [0.1, 0.15) is 0 Å². The van der Waals surface area contributed by atoms with Gasteiger partial charge in [-0.25, -0.2) is 0 Å². The monoisotopic (exact) mass is 212 g/mol. The average Bonchev–Trinajstić information content (AvgIpc) is 2.19. The summed E-state index contributed by atoms with van der Waals surface area (Å²) in [4.78, 5) is 0. The summed E-state index contributed by atoms with van der Waals surface area (Å²) in [5.41, 5.74) is 1.20. The van der Waals surface area contributed by atoms with Crippen LogP contribution in [0.2, 0.25) is 0 Å². The van der Waals surface area contributed by atoms with Crippen molar-refractivity contribution in [3.05, 3.63) is 42.0 Å². The van der Waals surface area contributed by atoms with Gasteiger partial charge in [-0.05, 0) is 5.56 Å². The molecule has 0 amide bonds. The summed E-state index contributed by atoms with van der Waals surface area (Å²) < 4.78 is 0. The van der Waals surface area contributed by atoms with E-state index in [1.54, 1.807) is 0 Å². The molecule has 1 aromatic rings. The van der Waals surface area contributed by atoms with E-state index < -0.39 is 0 Å². The summed E-state index contributed by atoms with van der Waals surface area (Å²) in [6.45, 7) is 1.65. The molecule has 0 saturated carbocycles. The Kier molecular flexibility index (Phi) is 8.24. The molecule has 0 aliphatic rings. The second-order valence-electron chi connectivity index (χ2n) is 2.74. The fourth-order valence-corrected chi connectivity index (χ4v) is 1.02. The maximum atomic E-state index is 8.50. The molecule has 0 bridgehead atoms. The van der Waals surface area contributed by atoms with E-state index >= 15 is 0 Å². The zero-order valence-electron chi connectivity index (χ0n) is 7.99. The molecule has 0 unspecified atom stereocenters. The summed E-state index contributed by atoms with van der Waals surface area (Å²) in [6, 6.07) is 10.1. The number of rotatable bonds is 5. The van der Waals surface area contributed by atoms with E-state index in [0.29, 0.717) is 6.54 Å². The Hall–Kier alpha value is -0.830. The van der Waals surface area contributed by atoms with Crippen molar-refractivity contribution in [2.24, 2.45) is 0 Å². The van der Waals surface area contributed by atoms with Crippen molar-refractivity contribution in [1.82, 2.24) is 5.32 Å². The molecule has 0 spiro atoms. The second kappa shape index (κ2) is 8.75. The van der Waals surface area contributed by atoms with Crippen LogP contribution in [0.25, 0.3) is 6.08 Å². The van der Waals surface area contributed by atoms with E-state index in [2.05, 4.69) is 23.5 Å². The number of nitrogens with one attached hydrogen (secondary N) is 1. The number of hydrogen-bond acceptors (Lipinski definition) is 2. The molecule has 1 rings (SSSR count). The zero-order valence-corrected chi connectivity index (χ0v) is 8.74. The highest BCUT2D eigenvalue weighted by atomic mass is 35.5. The van der Waals surface area contributed by atoms with Crippen LogP contribution in [0.15, 0.2) is 36.4 Å². The first-order valence-electron chi connectivity index (χ1n) is 4.46. The van der Waals surface area contributed by atoms with Crippen molar-refractivity contribution >= 4 is 6.08 Å².